The van der Waals surface area contributed by atoms with Crippen LogP contribution in [0.5, 0.6) is 0 Å². The molecule has 0 amide bonds. The molecule has 0 unspecified atom stereocenters. The monoisotopic (exact) mass is 230 g/mol. The minimum atomic E-state index is 0.370. The summed E-state index contributed by atoms with van der Waals surface area (Å²) < 4.78 is 4.94. The van der Waals surface area contributed by atoms with Crippen molar-refractivity contribution in [2.75, 3.05) is 19.8 Å². The van der Waals surface area contributed by atoms with Crippen molar-refractivity contribution in [2.24, 2.45) is 0 Å². The van der Waals surface area contributed by atoms with Gasteiger partial charge in [-0.05, 0) is 19.3 Å². The number of hydrogen-bond acceptors (Lipinski definition) is 2. The van der Waals surface area contributed by atoms with Crippen molar-refractivity contribution in [3.63, 3.8) is 0 Å². The van der Waals surface area contributed by atoms with Crippen LogP contribution in [0.3, 0.4) is 0 Å². The Labute approximate surface area is 101 Å². The van der Waals surface area contributed by atoms with Crippen LogP contribution in [0.4, 0.5) is 0 Å². The lowest BCUT2D eigenvalue weighted by Gasteiger charge is -1.98. The highest BCUT2D eigenvalue weighted by molar-refractivity contribution is 4.45. The molecule has 0 aliphatic carbocycles. The van der Waals surface area contributed by atoms with Gasteiger partial charge >= 0.3 is 0 Å². The van der Waals surface area contributed by atoms with Gasteiger partial charge in [-0.3, -0.25) is 0 Å². The zero-order valence-electron chi connectivity index (χ0n) is 11.0. The molecule has 0 spiro atoms. The molecule has 2 heteroatoms. The van der Waals surface area contributed by atoms with Crippen molar-refractivity contribution < 1.29 is 9.84 Å². The summed E-state index contributed by atoms with van der Waals surface area (Å²) in [6.45, 7) is 4.61. The minimum Gasteiger partial charge on any atom is -0.396 e. The fourth-order valence-corrected chi connectivity index (χ4v) is 1.76. The molecule has 0 aromatic carbocycles. The van der Waals surface area contributed by atoms with Crippen LogP contribution in [0.15, 0.2) is 0 Å². The van der Waals surface area contributed by atoms with Crippen LogP contribution in [-0.2, 0) is 4.74 Å². The first-order chi connectivity index (χ1) is 7.91. The lowest BCUT2D eigenvalue weighted by molar-refractivity contribution is 0.198. The molecule has 0 aromatic rings. The quantitative estimate of drug-likeness (QED) is 0.640. The van der Waals surface area contributed by atoms with E-state index in [1.807, 2.05) is 0 Å². The van der Waals surface area contributed by atoms with Crippen molar-refractivity contribution in [2.45, 2.75) is 71.1 Å². The summed E-state index contributed by atoms with van der Waals surface area (Å²) in [6, 6.07) is 0. The van der Waals surface area contributed by atoms with E-state index in [1.165, 1.54) is 57.8 Å². The Balaban J connectivity index is 0.000000368. The molecular weight excluding hydrogens is 200 g/mol. The van der Waals surface area contributed by atoms with Gasteiger partial charge in [-0.1, -0.05) is 51.9 Å². The summed E-state index contributed by atoms with van der Waals surface area (Å²) in [5, 5.41) is 8.51. The standard InChI is InChI=1S/C10H22O.C4H8O/c1-2-3-4-5-6-7-8-9-10-11;1-2-4-5-3-1/h11H,2-10H2,1H3;1-4H2. The van der Waals surface area contributed by atoms with Crippen LogP contribution in [-0.4, -0.2) is 24.9 Å². The first-order valence-corrected chi connectivity index (χ1v) is 7.10. The van der Waals surface area contributed by atoms with Gasteiger partial charge in [-0.15, -0.1) is 0 Å². The zero-order valence-corrected chi connectivity index (χ0v) is 11.0. The summed E-state index contributed by atoms with van der Waals surface area (Å²) in [4.78, 5) is 0. The van der Waals surface area contributed by atoms with Crippen LogP contribution in [0.1, 0.15) is 71.1 Å². The maximum atomic E-state index is 8.51. The molecule has 0 bridgehead atoms. The van der Waals surface area contributed by atoms with E-state index < -0.39 is 0 Å². The average molecular weight is 230 g/mol. The molecule has 2 nitrogen and oxygen atoms in total. The minimum absolute atomic E-state index is 0.370. The van der Waals surface area contributed by atoms with E-state index in [2.05, 4.69) is 6.92 Å². The van der Waals surface area contributed by atoms with Crippen molar-refractivity contribution >= 4 is 0 Å². The lowest BCUT2D eigenvalue weighted by atomic mass is 10.1. The Morgan fingerprint density at radius 3 is 1.69 bits per heavy atom. The molecule has 1 aliphatic heterocycles. The molecule has 1 heterocycles. The molecule has 1 saturated heterocycles. The second-order valence-corrected chi connectivity index (χ2v) is 4.52. The predicted molar refractivity (Wildman–Crippen MR) is 69.7 cm³/mol. The number of aliphatic hydroxyl groups excluding tert-OH is 1. The highest BCUT2D eigenvalue weighted by Gasteiger charge is 1.94. The third-order valence-corrected chi connectivity index (χ3v) is 2.84. The van der Waals surface area contributed by atoms with Crippen LogP contribution in [0, 0.1) is 0 Å². The Bertz CT molecular complexity index is 95.7. The molecule has 0 atom stereocenters. The first-order valence-electron chi connectivity index (χ1n) is 7.10. The predicted octanol–water partition coefficient (Wildman–Crippen LogP) is 3.92. The van der Waals surface area contributed by atoms with Gasteiger partial charge in [0, 0.05) is 19.8 Å². The Morgan fingerprint density at radius 1 is 0.812 bits per heavy atom. The normalized spacial score (nSPS) is 14.6. The molecule has 0 aromatic heterocycles. The van der Waals surface area contributed by atoms with E-state index in [0.29, 0.717) is 6.61 Å². The molecule has 0 saturated carbocycles. The van der Waals surface area contributed by atoms with E-state index in [1.54, 1.807) is 0 Å². The zero-order chi connectivity index (χ0) is 11.9. The Hall–Kier alpha value is -0.0800. The molecule has 0 radical (unpaired) electrons. The average Bonchev–Trinajstić information content (AvgIpc) is 2.87. The summed E-state index contributed by atoms with van der Waals surface area (Å²) in [5.74, 6) is 0. The van der Waals surface area contributed by atoms with Gasteiger partial charge in [0.05, 0.1) is 0 Å². The van der Waals surface area contributed by atoms with Crippen molar-refractivity contribution in [1.82, 2.24) is 0 Å². The summed E-state index contributed by atoms with van der Waals surface area (Å²) in [5.41, 5.74) is 0. The maximum Gasteiger partial charge on any atom is 0.0466 e. The number of hydrogen-bond donors (Lipinski definition) is 1. The lowest BCUT2D eigenvalue weighted by Crippen LogP contribution is -1.83. The molecule has 1 fully saturated rings. The fraction of sp³-hybridized carbons (Fsp3) is 1.00. The summed E-state index contributed by atoms with van der Waals surface area (Å²) in [7, 11) is 0. The van der Waals surface area contributed by atoms with Gasteiger partial charge < -0.3 is 9.84 Å². The van der Waals surface area contributed by atoms with Crippen molar-refractivity contribution in [3.05, 3.63) is 0 Å². The van der Waals surface area contributed by atoms with Crippen LogP contribution < -0.4 is 0 Å². The third kappa shape index (κ3) is 13.9. The largest absolute Gasteiger partial charge is 0.396 e. The fourth-order valence-electron chi connectivity index (χ4n) is 1.76. The van der Waals surface area contributed by atoms with Gasteiger partial charge in [0.25, 0.3) is 0 Å². The van der Waals surface area contributed by atoms with Crippen molar-refractivity contribution in [1.29, 1.82) is 0 Å². The number of aliphatic hydroxyl groups is 1. The molecule has 1 aliphatic rings. The summed E-state index contributed by atoms with van der Waals surface area (Å²) >= 11 is 0. The molecule has 98 valence electrons. The maximum absolute atomic E-state index is 8.51. The van der Waals surface area contributed by atoms with Gasteiger partial charge in [0.15, 0.2) is 0 Å². The third-order valence-electron chi connectivity index (χ3n) is 2.84. The Kier molecular flexibility index (Phi) is 14.8. The molecular formula is C14H30O2. The van der Waals surface area contributed by atoms with Crippen LogP contribution in [0.25, 0.3) is 0 Å². The van der Waals surface area contributed by atoms with Gasteiger partial charge in [-0.2, -0.15) is 0 Å². The Morgan fingerprint density at radius 2 is 1.31 bits per heavy atom. The van der Waals surface area contributed by atoms with Gasteiger partial charge in [0.1, 0.15) is 0 Å². The van der Waals surface area contributed by atoms with Crippen LogP contribution in [0.2, 0.25) is 0 Å². The number of rotatable bonds is 8. The molecule has 16 heavy (non-hydrogen) atoms. The highest BCUT2D eigenvalue weighted by Crippen LogP contribution is 2.07. The smallest absolute Gasteiger partial charge is 0.0466 e. The SMILES string of the molecule is C1CCOC1.CCCCCCCCCCO. The second-order valence-electron chi connectivity index (χ2n) is 4.52. The van der Waals surface area contributed by atoms with E-state index in [0.717, 1.165) is 19.6 Å². The van der Waals surface area contributed by atoms with E-state index >= 15 is 0 Å². The van der Waals surface area contributed by atoms with Crippen LogP contribution >= 0.6 is 0 Å². The van der Waals surface area contributed by atoms with E-state index in [4.69, 9.17) is 9.84 Å². The first kappa shape index (κ1) is 15.9. The molecule has 1 rings (SSSR count). The topological polar surface area (TPSA) is 29.5 Å². The number of ether oxygens (including phenoxy) is 1. The van der Waals surface area contributed by atoms with Crippen molar-refractivity contribution in [3.8, 4) is 0 Å². The number of unbranched alkanes of at least 4 members (excludes halogenated alkanes) is 7. The highest BCUT2D eigenvalue weighted by atomic mass is 16.5. The summed E-state index contributed by atoms with van der Waals surface area (Å²) in [6.07, 6.45) is 12.9. The van der Waals surface area contributed by atoms with E-state index in [9.17, 15) is 0 Å². The molecule has 1 N–H and O–H groups in total. The van der Waals surface area contributed by atoms with E-state index in [-0.39, 0.29) is 0 Å². The van der Waals surface area contributed by atoms with Gasteiger partial charge in [0.2, 0.25) is 0 Å². The second kappa shape index (κ2) is 14.9. The van der Waals surface area contributed by atoms with Gasteiger partial charge in [-0.25, -0.2) is 0 Å².